The van der Waals surface area contributed by atoms with Crippen molar-refractivity contribution < 1.29 is 17.9 Å². The Kier molecular flexibility index (Phi) is 7.43. The summed E-state index contributed by atoms with van der Waals surface area (Å²) in [6, 6.07) is 6.16. The Bertz CT molecular complexity index is 683. The first-order valence-electron chi connectivity index (χ1n) is 9.03. The first-order chi connectivity index (χ1) is 12.3. The van der Waals surface area contributed by atoms with Gasteiger partial charge in [-0.15, -0.1) is 0 Å². The van der Waals surface area contributed by atoms with Gasteiger partial charge in [-0.05, 0) is 70.6 Å². The van der Waals surface area contributed by atoms with Crippen LogP contribution in [0.15, 0.2) is 29.2 Å². The number of sulfonamides is 1. The van der Waals surface area contributed by atoms with E-state index in [1.807, 2.05) is 13.8 Å². The molecule has 1 saturated heterocycles. The fourth-order valence-electron chi connectivity index (χ4n) is 2.70. The third-order valence-corrected chi connectivity index (χ3v) is 6.16. The van der Waals surface area contributed by atoms with Crippen molar-refractivity contribution in [3.05, 3.63) is 24.3 Å². The van der Waals surface area contributed by atoms with Gasteiger partial charge in [-0.2, -0.15) is 0 Å². The summed E-state index contributed by atoms with van der Waals surface area (Å²) in [4.78, 5) is 14.4. The number of benzene rings is 1. The topological polar surface area (TPSA) is 87.7 Å². The second-order valence-corrected chi connectivity index (χ2v) is 8.55. The Hall–Kier alpha value is -1.64. The van der Waals surface area contributed by atoms with Gasteiger partial charge in [-0.3, -0.25) is 4.79 Å². The molecule has 0 saturated carbocycles. The lowest BCUT2D eigenvalue weighted by molar-refractivity contribution is -0.124. The number of amides is 1. The largest absolute Gasteiger partial charge is 0.484 e. The van der Waals surface area contributed by atoms with E-state index in [9.17, 15) is 13.2 Å². The number of nitrogens with zero attached hydrogens (tertiary/aromatic N) is 1. The summed E-state index contributed by atoms with van der Waals surface area (Å²) in [5.74, 6) is 0.306. The molecule has 1 aliphatic rings. The minimum absolute atomic E-state index is 0.0798. The molecule has 146 valence electrons. The predicted octanol–water partition coefficient (Wildman–Crippen LogP) is 1.35. The highest BCUT2D eigenvalue weighted by Gasteiger charge is 2.19. The number of nitrogens with one attached hydrogen (secondary N) is 2. The normalized spacial score (nSPS) is 17.7. The Labute approximate surface area is 156 Å². The molecule has 0 aromatic heterocycles. The van der Waals surface area contributed by atoms with Gasteiger partial charge in [-0.25, -0.2) is 13.1 Å². The van der Waals surface area contributed by atoms with Crippen LogP contribution in [0.4, 0.5) is 0 Å². The molecule has 0 aliphatic carbocycles. The van der Waals surface area contributed by atoms with Gasteiger partial charge >= 0.3 is 0 Å². The highest BCUT2D eigenvalue weighted by atomic mass is 32.2. The Morgan fingerprint density at radius 2 is 1.88 bits per heavy atom. The highest BCUT2D eigenvalue weighted by Crippen LogP contribution is 2.16. The van der Waals surface area contributed by atoms with E-state index in [2.05, 4.69) is 22.0 Å². The minimum atomic E-state index is -3.53. The molecule has 0 bridgehead atoms. The zero-order chi connectivity index (χ0) is 19.2. The second-order valence-electron chi connectivity index (χ2n) is 6.84. The Morgan fingerprint density at radius 3 is 2.46 bits per heavy atom. The average molecular weight is 384 g/mol. The molecule has 1 amide bonds. The van der Waals surface area contributed by atoms with Crippen LogP contribution in [0.3, 0.4) is 0 Å². The third-order valence-electron chi connectivity index (χ3n) is 4.56. The molecule has 1 atom stereocenters. The fraction of sp³-hybridized carbons (Fsp3) is 0.611. The van der Waals surface area contributed by atoms with E-state index in [-0.39, 0.29) is 29.5 Å². The highest BCUT2D eigenvalue weighted by molar-refractivity contribution is 7.89. The van der Waals surface area contributed by atoms with Gasteiger partial charge in [0.05, 0.1) is 4.90 Å². The van der Waals surface area contributed by atoms with Gasteiger partial charge in [0.25, 0.3) is 5.91 Å². The number of rotatable bonds is 8. The quantitative estimate of drug-likeness (QED) is 0.708. The molecule has 0 spiro atoms. The van der Waals surface area contributed by atoms with Gasteiger partial charge in [0.2, 0.25) is 10.0 Å². The number of hydrogen-bond donors (Lipinski definition) is 2. The lowest BCUT2D eigenvalue weighted by Gasteiger charge is -2.29. The summed E-state index contributed by atoms with van der Waals surface area (Å²) in [7, 11) is -1.46. The predicted molar refractivity (Wildman–Crippen MR) is 101 cm³/mol. The molecule has 1 aliphatic heterocycles. The summed E-state index contributed by atoms with van der Waals surface area (Å²) in [6.45, 7) is 5.61. The number of carbonyl (C=O) groups excluding carboxylic acids is 1. The maximum atomic E-state index is 12.2. The molecule has 26 heavy (non-hydrogen) atoms. The van der Waals surface area contributed by atoms with Crippen LogP contribution in [-0.4, -0.2) is 58.1 Å². The zero-order valence-electron chi connectivity index (χ0n) is 15.7. The van der Waals surface area contributed by atoms with Crippen LogP contribution in [0, 0.1) is 0 Å². The van der Waals surface area contributed by atoms with Crippen LogP contribution in [-0.2, 0) is 14.8 Å². The Balaban J connectivity index is 1.82. The summed E-state index contributed by atoms with van der Waals surface area (Å²) < 4.78 is 32.5. The van der Waals surface area contributed by atoms with Gasteiger partial charge < -0.3 is 15.0 Å². The molecule has 8 heteroatoms. The van der Waals surface area contributed by atoms with Gasteiger partial charge in [0.1, 0.15) is 5.75 Å². The number of likely N-dealkylation sites (tertiary alicyclic amines) is 1. The first kappa shape index (κ1) is 20.7. The summed E-state index contributed by atoms with van der Waals surface area (Å²) >= 11 is 0. The number of ether oxygens (including phenoxy) is 1. The summed E-state index contributed by atoms with van der Waals surface area (Å²) in [5.41, 5.74) is 0. The zero-order valence-corrected chi connectivity index (χ0v) is 16.5. The van der Waals surface area contributed by atoms with Crippen molar-refractivity contribution in [2.24, 2.45) is 0 Å². The van der Waals surface area contributed by atoms with E-state index in [4.69, 9.17) is 4.74 Å². The smallest absolute Gasteiger partial charge is 0.258 e. The summed E-state index contributed by atoms with van der Waals surface area (Å²) in [6.07, 6.45) is 2.60. The van der Waals surface area contributed by atoms with E-state index in [0.717, 1.165) is 25.9 Å². The van der Waals surface area contributed by atoms with Crippen LogP contribution < -0.4 is 14.8 Å². The van der Waals surface area contributed by atoms with E-state index >= 15 is 0 Å². The molecule has 2 N–H and O–H groups in total. The molecule has 1 fully saturated rings. The molecule has 1 aromatic carbocycles. The maximum absolute atomic E-state index is 12.2. The van der Waals surface area contributed by atoms with Crippen molar-refractivity contribution in [3.63, 3.8) is 0 Å². The van der Waals surface area contributed by atoms with Gasteiger partial charge in [0, 0.05) is 12.1 Å². The molecule has 2 rings (SSSR count). The number of hydrogen-bond acceptors (Lipinski definition) is 5. The van der Waals surface area contributed by atoms with E-state index in [1.54, 1.807) is 12.1 Å². The SMILES string of the molecule is CCC(C)NS(=O)(=O)c1ccc(OCC(=O)NC2CCN(C)CC2)cc1. The van der Waals surface area contributed by atoms with Crippen molar-refractivity contribution in [1.29, 1.82) is 0 Å². The molecule has 1 unspecified atom stereocenters. The van der Waals surface area contributed by atoms with Crippen LogP contribution in [0.2, 0.25) is 0 Å². The second kappa shape index (κ2) is 9.34. The Morgan fingerprint density at radius 1 is 1.27 bits per heavy atom. The fourth-order valence-corrected chi connectivity index (χ4v) is 4.03. The van der Waals surface area contributed by atoms with Gasteiger partial charge in [0.15, 0.2) is 6.61 Å². The molecule has 7 nitrogen and oxygen atoms in total. The van der Waals surface area contributed by atoms with Crippen LogP contribution in [0.5, 0.6) is 5.75 Å². The van der Waals surface area contributed by atoms with Crippen molar-refractivity contribution in [2.45, 2.75) is 50.1 Å². The third kappa shape index (κ3) is 6.26. The first-order valence-corrected chi connectivity index (χ1v) is 10.5. The lowest BCUT2D eigenvalue weighted by atomic mass is 10.1. The lowest BCUT2D eigenvalue weighted by Crippen LogP contribution is -2.44. The molecule has 1 aromatic rings. The number of carbonyl (C=O) groups is 1. The molecule has 1 heterocycles. The van der Waals surface area contributed by atoms with Crippen LogP contribution >= 0.6 is 0 Å². The monoisotopic (exact) mass is 383 g/mol. The van der Waals surface area contributed by atoms with Crippen molar-refractivity contribution in [3.8, 4) is 5.75 Å². The van der Waals surface area contributed by atoms with Crippen molar-refractivity contribution >= 4 is 15.9 Å². The summed E-state index contributed by atoms with van der Waals surface area (Å²) in [5, 5.41) is 2.98. The minimum Gasteiger partial charge on any atom is -0.484 e. The molecule has 0 radical (unpaired) electrons. The van der Waals surface area contributed by atoms with Crippen LogP contribution in [0.1, 0.15) is 33.1 Å². The van der Waals surface area contributed by atoms with Crippen LogP contribution in [0.25, 0.3) is 0 Å². The molecular formula is C18H29N3O4S. The standard InChI is InChI=1S/C18H29N3O4S/c1-4-14(2)20-26(23,24)17-7-5-16(6-8-17)25-13-18(22)19-15-9-11-21(3)12-10-15/h5-8,14-15,20H,4,9-13H2,1-3H3,(H,19,22). The van der Waals surface area contributed by atoms with E-state index in [0.29, 0.717) is 12.2 Å². The van der Waals surface area contributed by atoms with Crippen molar-refractivity contribution in [2.75, 3.05) is 26.7 Å². The van der Waals surface area contributed by atoms with Gasteiger partial charge in [-0.1, -0.05) is 6.92 Å². The molecular weight excluding hydrogens is 354 g/mol. The number of piperidine rings is 1. The van der Waals surface area contributed by atoms with E-state index < -0.39 is 10.0 Å². The van der Waals surface area contributed by atoms with Crippen molar-refractivity contribution in [1.82, 2.24) is 14.9 Å². The van der Waals surface area contributed by atoms with E-state index in [1.165, 1.54) is 12.1 Å². The maximum Gasteiger partial charge on any atom is 0.258 e. The average Bonchev–Trinajstić information content (AvgIpc) is 2.62.